The number of rotatable bonds is 0. The van der Waals surface area contributed by atoms with Crippen LogP contribution >= 0.6 is 0 Å². The van der Waals surface area contributed by atoms with Crippen molar-refractivity contribution in [3.63, 3.8) is 0 Å². The van der Waals surface area contributed by atoms with Gasteiger partial charge in [-0.15, -0.1) is 0 Å². The molecule has 0 aromatic heterocycles. The number of hydrogen-bond acceptors (Lipinski definition) is 0. The summed E-state index contributed by atoms with van der Waals surface area (Å²) in [5.41, 5.74) is 0. The summed E-state index contributed by atoms with van der Waals surface area (Å²) in [5, 5.41) is 0. The van der Waals surface area contributed by atoms with E-state index >= 15 is 0 Å². The van der Waals surface area contributed by atoms with Gasteiger partial charge >= 0.3 is 0 Å². The Bertz CT molecular complexity index is 8.00. The van der Waals surface area contributed by atoms with Gasteiger partial charge in [-0.05, 0) is 0 Å². The van der Waals surface area contributed by atoms with Crippen LogP contribution in [0.25, 0.3) is 0 Å². The summed E-state index contributed by atoms with van der Waals surface area (Å²) in [7, 11) is 0. The average Bonchev–Trinajstić information content (AvgIpc) is 0. The van der Waals surface area contributed by atoms with Crippen LogP contribution in [-0.4, -0.2) is 62.8 Å². The summed E-state index contributed by atoms with van der Waals surface area (Å²) >= 11 is 0. The van der Waals surface area contributed by atoms with E-state index in [1.165, 1.54) is 0 Å². The van der Waals surface area contributed by atoms with Crippen molar-refractivity contribution < 1.29 is 58.0 Å². The maximum atomic E-state index is 0. The van der Waals surface area contributed by atoms with Crippen LogP contribution in [0.5, 0.6) is 0 Å². The Morgan fingerprint density at radius 2 is 1.00 bits per heavy atom. The minimum absolute atomic E-state index is 0. The molecule has 0 aromatic carbocycles. The molecule has 0 nitrogen and oxygen atoms in total. The Hall–Kier alpha value is 3.95. The third-order valence-corrected chi connectivity index (χ3v) is 0. The van der Waals surface area contributed by atoms with E-state index in [0.717, 1.165) is 0 Å². The van der Waals surface area contributed by atoms with Crippen molar-refractivity contribution in [3.05, 3.63) is 0 Å². The molecule has 0 bridgehead atoms. The van der Waals surface area contributed by atoms with E-state index in [2.05, 4.69) is 0 Å². The molecule has 7 radical (unpaired) electrons. The molecule has 0 spiro atoms. The van der Waals surface area contributed by atoms with Crippen molar-refractivity contribution in [1.29, 1.82) is 0 Å². The summed E-state index contributed by atoms with van der Waals surface area (Å²) in [5.74, 6) is 0. The third kappa shape index (κ3) is 9.34. The molecule has 0 N–H and O–H groups in total. The molecule has 0 rings (SSSR count). The van der Waals surface area contributed by atoms with Gasteiger partial charge in [0.25, 0.3) is 0 Å². The van der Waals surface area contributed by atoms with Crippen LogP contribution in [0.15, 0.2) is 0 Å². The molecule has 0 heterocycles. The van der Waals surface area contributed by atoms with Crippen LogP contribution in [0.1, 0.15) is 0 Å². The predicted octanol–water partition coefficient (Wildman–Crippen LogP) is -0.764. The van der Waals surface area contributed by atoms with Crippen molar-refractivity contribution in [2.75, 3.05) is 0 Å². The molecule has 4 heteroatoms. The molecule has 0 aliphatic heterocycles. The summed E-state index contributed by atoms with van der Waals surface area (Å²) in [6.45, 7) is 0. The van der Waals surface area contributed by atoms with Crippen molar-refractivity contribution in [3.8, 4) is 0 Å². The van der Waals surface area contributed by atoms with Crippen molar-refractivity contribution in [2.45, 2.75) is 0 Å². The molecule has 0 aromatic rings. The fourth-order valence-corrected chi connectivity index (χ4v) is 0. The second-order valence-corrected chi connectivity index (χ2v) is 0. The molecule has 0 fully saturated rings. The zero-order valence-corrected chi connectivity index (χ0v) is 13.8. The van der Waals surface area contributed by atoms with E-state index in [0.29, 0.717) is 0 Å². The zero-order chi connectivity index (χ0) is 0. The standard InChI is InChI=1S/Al.La.Sr.Ta. The van der Waals surface area contributed by atoms with Crippen molar-refractivity contribution in [1.82, 2.24) is 0 Å². The summed E-state index contributed by atoms with van der Waals surface area (Å²) in [4.78, 5) is 0. The molecule has 0 unspecified atom stereocenters. The van der Waals surface area contributed by atoms with Crippen LogP contribution in [-0.2, 0) is 22.4 Å². The largest absolute Gasteiger partial charge is 0 e. The van der Waals surface area contributed by atoms with Crippen LogP contribution in [0, 0.1) is 35.6 Å². The van der Waals surface area contributed by atoms with Crippen LogP contribution in [0.4, 0.5) is 0 Å². The van der Waals surface area contributed by atoms with Crippen molar-refractivity contribution >= 4 is 62.8 Å². The minimum Gasteiger partial charge on any atom is 0 e. The third-order valence-electron chi connectivity index (χ3n) is 0. The predicted molar refractivity (Wildman–Crippen MR) is 11.5 cm³/mol. The maximum Gasteiger partial charge on any atom is 0 e. The molecule has 0 aliphatic rings. The molecule has 0 saturated carbocycles. The summed E-state index contributed by atoms with van der Waals surface area (Å²) in [6.07, 6.45) is 0. The molecule has 13 valence electrons. The maximum absolute atomic E-state index is 0. The second-order valence-electron chi connectivity index (χ2n) is 0. The van der Waals surface area contributed by atoms with Gasteiger partial charge in [0.05, 0.1) is 0 Å². The molecule has 0 aliphatic carbocycles. The van der Waals surface area contributed by atoms with E-state index in [4.69, 9.17) is 0 Å². The Kier molecular flexibility index (Phi) is 97.1. The van der Waals surface area contributed by atoms with Gasteiger partial charge in [0.15, 0.2) is 0 Å². The topological polar surface area (TPSA) is 0 Å². The van der Waals surface area contributed by atoms with Gasteiger partial charge in [0.2, 0.25) is 0 Å². The fraction of sp³-hybridized carbons (Fsp3) is 0. The van der Waals surface area contributed by atoms with E-state index in [1.807, 2.05) is 0 Å². The Morgan fingerprint density at radius 1 is 1.00 bits per heavy atom. The quantitative estimate of drug-likeness (QED) is 0.440. The van der Waals surface area contributed by atoms with Crippen molar-refractivity contribution in [2.24, 2.45) is 0 Å². The van der Waals surface area contributed by atoms with E-state index < -0.39 is 0 Å². The van der Waals surface area contributed by atoms with Gasteiger partial charge in [-0.1, -0.05) is 0 Å². The van der Waals surface area contributed by atoms with Crippen LogP contribution in [0.3, 0.4) is 0 Å². The van der Waals surface area contributed by atoms with Gasteiger partial charge in [-0.3, -0.25) is 0 Å². The van der Waals surface area contributed by atoms with Gasteiger partial charge in [0, 0.05) is 121 Å². The fourth-order valence-electron chi connectivity index (χ4n) is 0. The normalized spacial score (nSPS) is 0. The molecule has 0 saturated heterocycles. The van der Waals surface area contributed by atoms with E-state index in [1.54, 1.807) is 0 Å². The van der Waals surface area contributed by atoms with E-state index in [-0.39, 0.29) is 121 Å². The zero-order valence-electron chi connectivity index (χ0n) is 2.31. The monoisotopic (exact) mass is 435 g/mol. The molecular weight excluding hydrogens is 434 g/mol. The Morgan fingerprint density at radius 3 is 1.00 bits per heavy atom. The second kappa shape index (κ2) is 15.8. The Balaban J connectivity index is 0. The molecule has 0 amide bonds. The Labute approximate surface area is 117 Å². The summed E-state index contributed by atoms with van der Waals surface area (Å²) in [6, 6.07) is 0. The molecule has 4 heavy (non-hydrogen) atoms. The smallest absolute Gasteiger partial charge is 0 e. The SMILES string of the molecule is [Al].[La].[Sr].[Ta]. The number of hydrogen-bond donors (Lipinski definition) is 0. The molecule has 0 atom stereocenters. The van der Waals surface area contributed by atoms with Crippen LogP contribution < -0.4 is 0 Å². The van der Waals surface area contributed by atoms with Crippen LogP contribution in [0.2, 0.25) is 0 Å². The first kappa shape index (κ1) is 24.6. The first-order chi connectivity index (χ1) is 0. The molecular formula is AlLaSrTa. The van der Waals surface area contributed by atoms with Gasteiger partial charge in [-0.25, -0.2) is 0 Å². The van der Waals surface area contributed by atoms with E-state index in [9.17, 15) is 0 Å². The first-order valence-electron chi connectivity index (χ1n) is 0. The summed E-state index contributed by atoms with van der Waals surface area (Å²) < 4.78 is 0. The van der Waals surface area contributed by atoms with Gasteiger partial charge < -0.3 is 0 Å². The minimum atomic E-state index is 0. The average molecular weight is 434 g/mol. The van der Waals surface area contributed by atoms with Gasteiger partial charge in [0.1, 0.15) is 0 Å². The van der Waals surface area contributed by atoms with Gasteiger partial charge in [-0.2, -0.15) is 0 Å². The first-order valence-corrected chi connectivity index (χ1v) is 0.